The first kappa shape index (κ1) is 20.5. The molecule has 0 aliphatic carbocycles. The maximum absolute atomic E-state index is 14.2. The van der Waals surface area contributed by atoms with Crippen molar-refractivity contribution in [2.45, 2.75) is 13.1 Å². The summed E-state index contributed by atoms with van der Waals surface area (Å²) in [6, 6.07) is 10.6. The van der Waals surface area contributed by atoms with Crippen LogP contribution in [0.1, 0.15) is 31.8 Å². The van der Waals surface area contributed by atoms with Gasteiger partial charge >= 0.3 is 6.18 Å². The van der Waals surface area contributed by atoms with Crippen LogP contribution in [0.5, 0.6) is 11.5 Å². The summed E-state index contributed by atoms with van der Waals surface area (Å²) in [5, 5.41) is 0. The SMILES string of the molecule is Cc1c(Oc2c(F)cc(C(F)(F)F)cc2F)cccc1N1C(=O)c2ccccc2C1=O. The molecule has 9 heteroatoms. The van der Waals surface area contributed by atoms with Gasteiger partial charge in [0.2, 0.25) is 0 Å². The van der Waals surface area contributed by atoms with Gasteiger partial charge in [-0.15, -0.1) is 0 Å². The van der Waals surface area contributed by atoms with Crippen LogP contribution < -0.4 is 9.64 Å². The topological polar surface area (TPSA) is 46.6 Å². The smallest absolute Gasteiger partial charge is 0.416 e. The molecule has 0 saturated carbocycles. The number of ether oxygens (including phenoxy) is 1. The first-order valence-corrected chi connectivity index (χ1v) is 8.91. The Morgan fingerprint density at radius 2 is 1.39 bits per heavy atom. The van der Waals surface area contributed by atoms with Crippen molar-refractivity contribution in [1.82, 2.24) is 0 Å². The number of halogens is 5. The Labute approximate surface area is 172 Å². The molecule has 3 aromatic rings. The Hall–Kier alpha value is -3.75. The second-order valence-corrected chi connectivity index (χ2v) is 6.76. The lowest BCUT2D eigenvalue weighted by Gasteiger charge is -2.19. The Morgan fingerprint density at radius 1 is 0.839 bits per heavy atom. The summed E-state index contributed by atoms with van der Waals surface area (Å²) in [5.41, 5.74) is -0.769. The maximum atomic E-state index is 14.2. The molecule has 158 valence electrons. The van der Waals surface area contributed by atoms with Crippen molar-refractivity contribution >= 4 is 17.5 Å². The van der Waals surface area contributed by atoms with E-state index in [4.69, 9.17) is 4.74 Å². The van der Waals surface area contributed by atoms with E-state index in [0.717, 1.165) is 4.90 Å². The van der Waals surface area contributed by atoms with Gasteiger partial charge in [0.15, 0.2) is 17.4 Å². The van der Waals surface area contributed by atoms with Gasteiger partial charge in [-0.05, 0) is 43.3 Å². The number of nitrogens with zero attached hydrogens (tertiary/aromatic N) is 1. The van der Waals surface area contributed by atoms with Crippen molar-refractivity contribution in [3.05, 3.63) is 88.5 Å². The van der Waals surface area contributed by atoms with Gasteiger partial charge in [-0.25, -0.2) is 13.7 Å². The zero-order valence-corrected chi connectivity index (χ0v) is 15.8. The molecule has 3 aromatic carbocycles. The Balaban J connectivity index is 1.72. The number of amides is 2. The van der Waals surface area contributed by atoms with Crippen LogP contribution in [0.3, 0.4) is 0 Å². The Kier molecular flexibility index (Phi) is 4.76. The third-order valence-corrected chi connectivity index (χ3v) is 4.83. The van der Waals surface area contributed by atoms with E-state index in [1.54, 1.807) is 12.1 Å². The summed E-state index contributed by atoms with van der Waals surface area (Å²) >= 11 is 0. The molecule has 31 heavy (non-hydrogen) atoms. The van der Waals surface area contributed by atoms with Crippen LogP contribution in [-0.4, -0.2) is 11.8 Å². The van der Waals surface area contributed by atoms with Crippen LogP contribution in [0.2, 0.25) is 0 Å². The molecule has 4 rings (SSSR count). The van der Waals surface area contributed by atoms with E-state index in [-0.39, 0.29) is 40.3 Å². The van der Waals surface area contributed by atoms with E-state index in [1.165, 1.54) is 37.3 Å². The van der Waals surface area contributed by atoms with Gasteiger partial charge in [0.1, 0.15) is 5.75 Å². The summed E-state index contributed by atoms with van der Waals surface area (Å²) in [4.78, 5) is 26.3. The van der Waals surface area contributed by atoms with Crippen molar-refractivity contribution < 1.29 is 36.3 Å². The fourth-order valence-corrected chi connectivity index (χ4v) is 3.29. The van der Waals surface area contributed by atoms with Gasteiger partial charge in [-0.2, -0.15) is 13.2 Å². The minimum absolute atomic E-state index is 0.122. The molecular weight excluding hydrogens is 421 g/mol. The number of imide groups is 1. The van der Waals surface area contributed by atoms with E-state index < -0.39 is 40.9 Å². The first-order valence-electron chi connectivity index (χ1n) is 8.91. The van der Waals surface area contributed by atoms with Crippen molar-refractivity contribution in [2.24, 2.45) is 0 Å². The molecule has 1 aliphatic rings. The fourth-order valence-electron chi connectivity index (χ4n) is 3.29. The Morgan fingerprint density at radius 3 is 1.90 bits per heavy atom. The lowest BCUT2D eigenvalue weighted by Crippen LogP contribution is -2.30. The zero-order chi connectivity index (χ0) is 22.5. The number of fused-ring (bicyclic) bond motifs is 1. The molecule has 1 heterocycles. The summed E-state index contributed by atoms with van der Waals surface area (Å²) in [6.07, 6.45) is -4.93. The van der Waals surface area contributed by atoms with Gasteiger partial charge in [0.25, 0.3) is 11.8 Å². The zero-order valence-electron chi connectivity index (χ0n) is 15.8. The number of carbonyl (C=O) groups is 2. The fraction of sp³-hybridized carbons (Fsp3) is 0.0909. The molecule has 0 saturated heterocycles. The highest BCUT2D eigenvalue weighted by Gasteiger charge is 2.37. The molecule has 4 nitrogen and oxygen atoms in total. The van der Waals surface area contributed by atoms with Crippen LogP contribution in [0, 0.1) is 18.6 Å². The second-order valence-electron chi connectivity index (χ2n) is 6.76. The largest absolute Gasteiger partial charge is 0.451 e. The lowest BCUT2D eigenvalue weighted by molar-refractivity contribution is -0.138. The molecule has 0 bridgehead atoms. The molecule has 2 amide bonds. The average Bonchev–Trinajstić information content (AvgIpc) is 2.96. The molecule has 0 atom stereocenters. The summed E-state index contributed by atoms with van der Waals surface area (Å²) < 4.78 is 71.8. The number of anilines is 1. The third-order valence-electron chi connectivity index (χ3n) is 4.83. The molecule has 0 N–H and O–H groups in total. The molecule has 0 radical (unpaired) electrons. The third kappa shape index (κ3) is 3.41. The highest BCUT2D eigenvalue weighted by Crippen LogP contribution is 2.39. The quantitative estimate of drug-likeness (QED) is 0.383. The number of rotatable bonds is 3. The summed E-state index contributed by atoms with van der Waals surface area (Å²) in [5.74, 6) is -5.40. The predicted octanol–water partition coefficient (Wildman–Crippen LogP) is 5.88. The number of benzene rings is 3. The van der Waals surface area contributed by atoms with Gasteiger partial charge in [0, 0.05) is 5.56 Å². The van der Waals surface area contributed by atoms with E-state index in [9.17, 15) is 31.5 Å². The van der Waals surface area contributed by atoms with Crippen LogP contribution in [0.25, 0.3) is 0 Å². The highest BCUT2D eigenvalue weighted by atomic mass is 19.4. The number of hydrogen-bond acceptors (Lipinski definition) is 3. The first-order chi connectivity index (χ1) is 14.6. The molecule has 0 fully saturated rings. The van der Waals surface area contributed by atoms with Crippen LogP contribution >= 0.6 is 0 Å². The van der Waals surface area contributed by atoms with Gasteiger partial charge < -0.3 is 4.74 Å². The monoisotopic (exact) mass is 433 g/mol. The van der Waals surface area contributed by atoms with E-state index >= 15 is 0 Å². The van der Waals surface area contributed by atoms with Crippen molar-refractivity contribution in [1.29, 1.82) is 0 Å². The second kappa shape index (κ2) is 7.19. The summed E-state index contributed by atoms with van der Waals surface area (Å²) in [7, 11) is 0. The maximum Gasteiger partial charge on any atom is 0.416 e. The standard InChI is InChI=1S/C22H12F5NO3/c1-11-17(28-20(29)13-5-2-3-6-14(13)21(28)30)7-4-8-18(11)31-19-15(23)9-12(10-16(19)24)22(25,26)27/h2-10H,1H3. The van der Waals surface area contributed by atoms with E-state index in [2.05, 4.69) is 0 Å². The normalized spacial score (nSPS) is 13.5. The van der Waals surface area contributed by atoms with Gasteiger partial charge in [-0.3, -0.25) is 9.59 Å². The number of hydrogen-bond donors (Lipinski definition) is 0. The molecule has 0 unspecified atom stereocenters. The Bertz CT molecular complexity index is 1180. The molecule has 1 aliphatic heterocycles. The number of carbonyl (C=O) groups excluding carboxylic acids is 2. The van der Waals surface area contributed by atoms with Crippen molar-refractivity contribution in [2.75, 3.05) is 4.90 Å². The van der Waals surface area contributed by atoms with Gasteiger partial charge in [-0.1, -0.05) is 18.2 Å². The van der Waals surface area contributed by atoms with Gasteiger partial charge in [0.05, 0.1) is 22.4 Å². The van der Waals surface area contributed by atoms with Crippen LogP contribution in [0.4, 0.5) is 27.6 Å². The lowest BCUT2D eigenvalue weighted by atomic mass is 10.1. The highest BCUT2D eigenvalue weighted by molar-refractivity contribution is 6.34. The van der Waals surface area contributed by atoms with E-state index in [0.29, 0.717) is 0 Å². The van der Waals surface area contributed by atoms with Crippen molar-refractivity contribution in [3.63, 3.8) is 0 Å². The van der Waals surface area contributed by atoms with Crippen molar-refractivity contribution in [3.8, 4) is 11.5 Å². The average molecular weight is 433 g/mol. The van der Waals surface area contributed by atoms with Crippen LogP contribution in [-0.2, 0) is 6.18 Å². The number of alkyl halides is 3. The molecular formula is C22H12F5NO3. The van der Waals surface area contributed by atoms with E-state index in [1.807, 2.05) is 0 Å². The molecule has 0 spiro atoms. The minimum Gasteiger partial charge on any atom is -0.451 e. The molecule has 0 aromatic heterocycles. The summed E-state index contributed by atoms with van der Waals surface area (Å²) in [6.45, 7) is 1.45. The predicted molar refractivity (Wildman–Crippen MR) is 100 cm³/mol. The van der Waals surface area contributed by atoms with Crippen LogP contribution in [0.15, 0.2) is 54.6 Å². The minimum atomic E-state index is -4.93.